The highest BCUT2D eigenvalue weighted by atomic mass is 32.2. The number of rotatable bonds is 16. The summed E-state index contributed by atoms with van der Waals surface area (Å²) in [6, 6.07) is 10.0. The number of benzene rings is 1. The summed E-state index contributed by atoms with van der Waals surface area (Å²) in [6.45, 7) is 5.23. The summed E-state index contributed by atoms with van der Waals surface area (Å²) in [4.78, 5) is 33.8. The zero-order valence-electron chi connectivity index (χ0n) is 22.5. The van der Waals surface area contributed by atoms with Gasteiger partial charge in [0.05, 0.1) is 40.1 Å². The molecular weight excluding hydrogens is 523 g/mol. The molecule has 0 aliphatic carbocycles. The van der Waals surface area contributed by atoms with E-state index < -0.39 is 0 Å². The molecule has 0 saturated carbocycles. The van der Waals surface area contributed by atoms with E-state index >= 15 is 0 Å². The third-order valence-corrected chi connectivity index (χ3v) is 9.14. The molecule has 0 radical (unpaired) electrons. The number of nitrogens with zero attached hydrogens (tertiary/aromatic N) is 2. The number of thioether (sulfide) groups is 2. The van der Waals surface area contributed by atoms with Gasteiger partial charge in [0.1, 0.15) is 3.53 Å². The van der Waals surface area contributed by atoms with E-state index in [1.807, 2.05) is 36.6 Å². The number of imidazole rings is 1. The number of hydrogen-bond donors (Lipinski definition) is 3. The molecule has 2 atom stereocenters. The fourth-order valence-electron chi connectivity index (χ4n) is 4.23. The fraction of sp³-hybridized carbons (Fsp3) is 0.556. The summed E-state index contributed by atoms with van der Waals surface area (Å²) in [5.41, 5.74) is 2.07. The van der Waals surface area contributed by atoms with E-state index in [4.69, 9.17) is 12.2 Å². The van der Waals surface area contributed by atoms with Crippen molar-refractivity contribution in [3.05, 3.63) is 54.1 Å². The SMILES string of the molecule is CCC[N+](C)(C)CCNC(=O)C(Cc1ccccc1)CC(CSC(=S)SC)C(=O)NCCc1cnc[nH]1. The van der Waals surface area contributed by atoms with Crippen molar-refractivity contribution in [2.24, 2.45) is 11.8 Å². The number of amides is 2. The van der Waals surface area contributed by atoms with Crippen LogP contribution >= 0.6 is 35.7 Å². The van der Waals surface area contributed by atoms with Crippen LogP contribution in [0.3, 0.4) is 0 Å². The minimum atomic E-state index is -0.330. The second-order valence-electron chi connectivity index (χ2n) is 9.88. The number of nitrogens with one attached hydrogen (secondary N) is 3. The lowest BCUT2D eigenvalue weighted by molar-refractivity contribution is -0.889. The van der Waals surface area contributed by atoms with E-state index in [2.05, 4.69) is 41.6 Å². The van der Waals surface area contributed by atoms with Crippen LogP contribution in [0.1, 0.15) is 31.0 Å². The van der Waals surface area contributed by atoms with E-state index in [-0.39, 0.29) is 23.7 Å². The summed E-state index contributed by atoms with van der Waals surface area (Å²) < 4.78 is 1.67. The first-order valence-corrected chi connectivity index (χ1v) is 15.4. The summed E-state index contributed by atoms with van der Waals surface area (Å²) in [7, 11) is 4.37. The maximum Gasteiger partial charge on any atom is 0.223 e. The van der Waals surface area contributed by atoms with Crippen LogP contribution in [0.25, 0.3) is 0 Å². The van der Waals surface area contributed by atoms with E-state index in [1.54, 1.807) is 12.5 Å². The molecule has 1 heterocycles. The minimum Gasteiger partial charge on any atom is -0.355 e. The molecular formula is C27H42N5O2S3+. The lowest BCUT2D eigenvalue weighted by Crippen LogP contribution is -2.47. The van der Waals surface area contributed by atoms with Crippen molar-refractivity contribution in [3.63, 3.8) is 0 Å². The zero-order chi connectivity index (χ0) is 27.1. The number of thiocarbonyl (C=S) groups is 1. The highest BCUT2D eigenvalue weighted by molar-refractivity contribution is 8.47. The average molecular weight is 565 g/mol. The lowest BCUT2D eigenvalue weighted by atomic mass is 9.88. The van der Waals surface area contributed by atoms with Gasteiger partial charge >= 0.3 is 0 Å². The van der Waals surface area contributed by atoms with Crippen LogP contribution in [0.2, 0.25) is 0 Å². The van der Waals surface area contributed by atoms with Crippen LogP contribution < -0.4 is 10.6 Å². The number of carbonyl (C=O) groups excluding carboxylic acids is 2. The Labute approximate surface area is 235 Å². The number of quaternary nitrogens is 1. The minimum absolute atomic E-state index is 0.00746. The Morgan fingerprint density at radius 1 is 1.08 bits per heavy atom. The molecule has 0 aliphatic rings. The smallest absolute Gasteiger partial charge is 0.223 e. The Morgan fingerprint density at radius 3 is 2.43 bits per heavy atom. The first-order chi connectivity index (χ1) is 17.7. The standard InChI is InChI=1S/C27H41N5O2S3/c1-5-14-32(2,3)15-13-30-25(33)22(16-21-9-7-6-8-10-21)17-23(19-37-27(35)36-4)26(34)29-12-11-24-18-28-20-31-24/h6-10,18,20,22-23H,5,11-17,19H2,1-4H3,(H2-,28,29,30,31,33,34)/p+1. The Balaban J connectivity index is 2.10. The number of likely N-dealkylation sites (N-methyl/N-ethyl adjacent to an activating group) is 1. The van der Waals surface area contributed by atoms with Crippen molar-refractivity contribution in [1.82, 2.24) is 20.6 Å². The van der Waals surface area contributed by atoms with Crippen LogP contribution in [0.4, 0.5) is 0 Å². The van der Waals surface area contributed by atoms with Gasteiger partial charge in [0, 0.05) is 42.4 Å². The molecule has 204 valence electrons. The molecule has 7 nitrogen and oxygen atoms in total. The molecule has 37 heavy (non-hydrogen) atoms. The second-order valence-corrected chi connectivity index (χ2v) is 12.9. The first-order valence-electron chi connectivity index (χ1n) is 12.8. The Morgan fingerprint density at radius 2 is 1.78 bits per heavy atom. The molecule has 2 rings (SSSR count). The van der Waals surface area contributed by atoms with Gasteiger partial charge in [0.25, 0.3) is 0 Å². The van der Waals surface area contributed by atoms with Gasteiger partial charge in [-0.2, -0.15) is 0 Å². The van der Waals surface area contributed by atoms with Crippen molar-refractivity contribution in [2.45, 2.75) is 32.6 Å². The zero-order valence-corrected chi connectivity index (χ0v) is 24.9. The molecule has 1 aromatic carbocycles. The van der Waals surface area contributed by atoms with E-state index in [1.165, 1.54) is 23.5 Å². The maximum atomic E-state index is 13.4. The highest BCUT2D eigenvalue weighted by Gasteiger charge is 2.28. The third kappa shape index (κ3) is 12.5. The van der Waals surface area contributed by atoms with Crippen molar-refractivity contribution in [2.75, 3.05) is 52.3 Å². The monoisotopic (exact) mass is 564 g/mol. The lowest BCUT2D eigenvalue weighted by Gasteiger charge is -2.30. The van der Waals surface area contributed by atoms with Gasteiger partial charge in [-0.25, -0.2) is 4.98 Å². The van der Waals surface area contributed by atoms with Gasteiger partial charge in [-0.05, 0) is 31.1 Å². The number of aromatic nitrogens is 2. The first kappa shape index (κ1) is 31.3. The Kier molecular flexibility index (Phi) is 14.3. The van der Waals surface area contributed by atoms with E-state index in [9.17, 15) is 9.59 Å². The number of hydrogen-bond acceptors (Lipinski definition) is 6. The summed E-state index contributed by atoms with van der Waals surface area (Å²) in [6.07, 6.45) is 8.17. The number of carbonyl (C=O) groups is 2. The molecule has 0 aliphatic heterocycles. The molecule has 1 aromatic heterocycles. The molecule has 0 bridgehead atoms. The number of H-pyrrole nitrogens is 1. The average Bonchev–Trinajstić information content (AvgIpc) is 3.39. The molecule has 3 N–H and O–H groups in total. The second kappa shape index (κ2) is 16.9. The summed E-state index contributed by atoms with van der Waals surface area (Å²) >= 11 is 8.41. The van der Waals surface area contributed by atoms with Gasteiger partial charge in [-0.15, -0.1) is 23.5 Å². The van der Waals surface area contributed by atoms with E-state index in [0.717, 1.165) is 38.8 Å². The van der Waals surface area contributed by atoms with Crippen LogP contribution in [0, 0.1) is 11.8 Å². The third-order valence-electron chi connectivity index (χ3n) is 6.30. The molecule has 10 heteroatoms. The van der Waals surface area contributed by atoms with Crippen LogP contribution in [0.15, 0.2) is 42.9 Å². The molecule has 2 amide bonds. The topological polar surface area (TPSA) is 86.9 Å². The van der Waals surface area contributed by atoms with Crippen molar-refractivity contribution in [1.29, 1.82) is 0 Å². The summed E-state index contributed by atoms with van der Waals surface area (Å²) in [5.74, 6) is -0.121. The molecule has 2 unspecified atom stereocenters. The quantitative estimate of drug-likeness (QED) is 0.212. The Hall–Kier alpha value is -1.88. The van der Waals surface area contributed by atoms with Crippen molar-refractivity contribution < 1.29 is 14.1 Å². The largest absolute Gasteiger partial charge is 0.355 e. The fourth-order valence-corrected chi connectivity index (χ4v) is 5.74. The maximum absolute atomic E-state index is 13.4. The van der Waals surface area contributed by atoms with Crippen molar-refractivity contribution in [3.8, 4) is 0 Å². The predicted molar refractivity (Wildman–Crippen MR) is 161 cm³/mol. The van der Waals surface area contributed by atoms with Gasteiger partial charge in [-0.1, -0.05) is 49.5 Å². The van der Waals surface area contributed by atoms with Gasteiger partial charge in [-0.3, -0.25) is 9.59 Å². The molecule has 0 saturated heterocycles. The summed E-state index contributed by atoms with van der Waals surface area (Å²) in [5, 5.41) is 6.23. The predicted octanol–water partition coefficient (Wildman–Crippen LogP) is 3.92. The van der Waals surface area contributed by atoms with Crippen LogP contribution in [-0.4, -0.2) is 82.1 Å². The van der Waals surface area contributed by atoms with Gasteiger partial charge in [0.2, 0.25) is 11.8 Å². The molecule has 2 aromatic rings. The number of aromatic amines is 1. The van der Waals surface area contributed by atoms with Gasteiger partial charge in [0.15, 0.2) is 0 Å². The van der Waals surface area contributed by atoms with Crippen LogP contribution in [0.5, 0.6) is 0 Å². The molecule has 0 spiro atoms. The van der Waals surface area contributed by atoms with Crippen LogP contribution in [-0.2, 0) is 22.4 Å². The highest BCUT2D eigenvalue weighted by Crippen LogP contribution is 2.25. The normalized spacial score (nSPS) is 13.1. The van der Waals surface area contributed by atoms with E-state index in [0.29, 0.717) is 38.1 Å². The van der Waals surface area contributed by atoms with Crippen molar-refractivity contribution >= 4 is 51.1 Å². The van der Waals surface area contributed by atoms with Gasteiger partial charge < -0.3 is 20.1 Å². The Bertz CT molecular complexity index is 954. The molecule has 0 fully saturated rings.